The average Bonchev–Trinajstić information content (AvgIpc) is 3.12. The average molecular weight is 444 g/mol. The van der Waals surface area contributed by atoms with Crippen molar-refractivity contribution in [3.63, 3.8) is 0 Å². The molecule has 3 aromatic heterocycles. The fourth-order valence-electron chi connectivity index (χ4n) is 3.59. The first-order valence-electron chi connectivity index (χ1n) is 10.2. The monoisotopic (exact) mass is 443 g/mol. The number of hydrogen-bond donors (Lipinski definition) is 2. The molecule has 3 heterocycles. The first-order chi connectivity index (χ1) is 15.6. The van der Waals surface area contributed by atoms with Gasteiger partial charge in [-0.1, -0.05) is 48.2 Å². The normalized spacial score (nSPS) is 11.3. The van der Waals surface area contributed by atoms with Crippen LogP contribution >= 0.6 is 11.8 Å². The van der Waals surface area contributed by atoms with Crippen molar-refractivity contribution in [2.45, 2.75) is 31.3 Å². The predicted molar refractivity (Wildman–Crippen MR) is 127 cm³/mol. The van der Waals surface area contributed by atoms with Crippen LogP contribution < -0.4 is 11.1 Å². The number of nitrogen functional groups attached to an aromatic ring is 1. The molecule has 0 saturated carbocycles. The molecule has 0 atom stereocenters. The van der Waals surface area contributed by atoms with Crippen molar-refractivity contribution in [1.82, 2.24) is 34.7 Å². The number of para-hydroxylation sites is 2. The molecular formula is C22H21N9S. The number of aryl methyl sites for hydroxylation is 2. The van der Waals surface area contributed by atoms with E-state index in [1.54, 1.807) is 0 Å². The van der Waals surface area contributed by atoms with Crippen LogP contribution in [0.4, 0.5) is 17.6 Å². The second-order valence-electron chi connectivity index (χ2n) is 7.19. The number of benzene rings is 2. The van der Waals surface area contributed by atoms with E-state index in [0.29, 0.717) is 22.7 Å². The maximum atomic E-state index is 5.92. The molecule has 9 nitrogen and oxygen atoms in total. The first-order valence-corrected chi connectivity index (χ1v) is 11.2. The minimum atomic E-state index is 0.160. The van der Waals surface area contributed by atoms with Crippen LogP contribution in [0.5, 0.6) is 0 Å². The van der Waals surface area contributed by atoms with Crippen molar-refractivity contribution in [2.24, 2.45) is 0 Å². The Balaban J connectivity index is 1.40. The van der Waals surface area contributed by atoms with Crippen LogP contribution in [0.2, 0.25) is 0 Å². The van der Waals surface area contributed by atoms with Gasteiger partial charge < -0.3 is 15.6 Å². The van der Waals surface area contributed by atoms with Gasteiger partial charge in [-0.25, -0.2) is 4.98 Å². The highest BCUT2D eigenvalue weighted by molar-refractivity contribution is 7.98. The Morgan fingerprint density at radius 2 is 1.78 bits per heavy atom. The van der Waals surface area contributed by atoms with E-state index >= 15 is 0 Å². The van der Waals surface area contributed by atoms with Gasteiger partial charge in [0.2, 0.25) is 17.1 Å². The van der Waals surface area contributed by atoms with Crippen LogP contribution in [0.1, 0.15) is 18.3 Å². The molecule has 0 bridgehead atoms. The van der Waals surface area contributed by atoms with E-state index < -0.39 is 0 Å². The largest absolute Gasteiger partial charge is 0.368 e. The lowest BCUT2D eigenvalue weighted by Gasteiger charge is -2.09. The minimum Gasteiger partial charge on any atom is -0.368 e. The van der Waals surface area contributed by atoms with Gasteiger partial charge >= 0.3 is 0 Å². The van der Waals surface area contributed by atoms with E-state index in [-0.39, 0.29) is 5.95 Å². The van der Waals surface area contributed by atoms with Gasteiger partial charge in [0.15, 0.2) is 5.65 Å². The summed E-state index contributed by atoms with van der Waals surface area (Å²) in [6, 6.07) is 16.0. The van der Waals surface area contributed by atoms with E-state index in [0.717, 1.165) is 39.9 Å². The molecule has 0 unspecified atom stereocenters. The zero-order valence-corrected chi connectivity index (χ0v) is 18.5. The topological polar surface area (TPSA) is 120 Å². The van der Waals surface area contributed by atoms with Crippen molar-refractivity contribution >= 4 is 51.4 Å². The van der Waals surface area contributed by atoms with Crippen LogP contribution in [-0.2, 0) is 12.3 Å². The quantitative estimate of drug-likeness (QED) is 0.373. The van der Waals surface area contributed by atoms with Crippen LogP contribution in [-0.4, -0.2) is 34.7 Å². The summed E-state index contributed by atoms with van der Waals surface area (Å²) in [7, 11) is 0. The zero-order valence-electron chi connectivity index (χ0n) is 17.6. The highest BCUT2D eigenvalue weighted by Gasteiger charge is 2.14. The fraction of sp³-hybridized carbons (Fsp3) is 0.182. The van der Waals surface area contributed by atoms with Crippen LogP contribution in [0.25, 0.3) is 22.1 Å². The molecule has 0 amide bonds. The molecule has 0 radical (unpaired) electrons. The van der Waals surface area contributed by atoms with Gasteiger partial charge in [0.25, 0.3) is 0 Å². The molecule has 0 saturated heterocycles. The lowest BCUT2D eigenvalue weighted by molar-refractivity contribution is 0.789. The third-order valence-corrected chi connectivity index (χ3v) is 5.93. The predicted octanol–water partition coefficient (Wildman–Crippen LogP) is 4.11. The van der Waals surface area contributed by atoms with Gasteiger partial charge in [0.1, 0.15) is 11.3 Å². The maximum absolute atomic E-state index is 5.92. The van der Waals surface area contributed by atoms with Gasteiger partial charge in [0, 0.05) is 17.6 Å². The van der Waals surface area contributed by atoms with E-state index in [1.165, 1.54) is 11.8 Å². The van der Waals surface area contributed by atoms with Crippen LogP contribution in [0, 0.1) is 6.92 Å². The number of thioether (sulfide) groups is 1. The summed E-state index contributed by atoms with van der Waals surface area (Å²) < 4.78 is 2.15. The lowest BCUT2D eigenvalue weighted by atomic mass is 10.2. The Bertz CT molecular complexity index is 1430. The lowest BCUT2D eigenvalue weighted by Crippen LogP contribution is -2.07. The number of nitrogens with zero attached hydrogens (tertiary/aromatic N) is 7. The molecule has 160 valence electrons. The molecule has 0 fully saturated rings. The number of nitrogens with one attached hydrogen (secondary N) is 1. The van der Waals surface area contributed by atoms with Crippen molar-refractivity contribution in [3.05, 3.63) is 59.9 Å². The first kappa shape index (κ1) is 20.1. The molecule has 32 heavy (non-hydrogen) atoms. The summed E-state index contributed by atoms with van der Waals surface area (Å²) in [6.07, 6.45) is 0. The summed E-state index contributed by atoms with van der Waals surface area (Å²) in [5.41, 5.74) is 10.7. The fourth-order valence-corrected chi connectivity index (χ4v) is 4.23. The Kier molecular flexibility index (Phi) is 5.28. The Labute approximate surface area is 188 Å². The van der Waals surface area contributed by atoms with E-state index in [4.69, 9.17) is 10.7 Å². The standard InChI is InChI=1S/C22H21N9S/c1-3-31-16-11-7-5-9-14(16)18-19(31)27-22(30-29-18)32-12-17-25-20(23)28-21(26-17)24-15-10-6-4-8-13(15)2/h4-11H,3,12H2,1-2H3,(H3,23,24,25,26,28). The molecule has 3 N–H and O–H groups in total. The maximum Gasteiger partial charge on any atom is 0.232 e. The third kappa shape index (κ3) is 3.80. The Morgan fingerprint density at radius 3 is 2.62 bits per heavy atom. The number of hydrogen-bond acceptors (Lipinski definition) is 9. The minimum absolute atomic E-state index is 0.160. The molecule has 0 aliphatic rings. The van der Waals surface area contributed by atoms with Gasteiger partial charge in [-0.2, -0.15) is 15.0 Å². The van der Waals surface area contributed by atoms with Crippen LogP contribution in [0.15, 0.2) is 53.7 Å². The summed E-state index contributed by atoms with van der Waals surface area (Å²) in [4.78, 5) is 17.7. The molecule has 0 aliphatic carbocycles. The Hall–Kier alpha value is -3.79. The van der Waals surface area contributed by atoms with Crippen LogP contribution in [0.3, 0.4) is 0 Å². The summed E-state index contributed by atoms with van der Waals surface area (Å²) in [5, 5.41) is 13.6. The van der Waals surface area contributed by atoms with E-state index in [2.05, 4.69) is 48.0 Å². The van der Waals surface area contributed by atoms with Crippen molar-refractivity contribution in [1.29, 1.82) is 0 Å². The molecule has 0 spiro atoms. The number of rotatable bonds is 6. The highest BCUT2D eigenvalue weighted by atomic mass is 32.2. The van der Waals surface area contributed by atoms with Crippen molar-refractivity contribution < 1.29 is 0 Å². The summed E-state index contributed by atoms with van der Waals surface area (Å²) in [6.45, 7) is 4.90. The highest BCUT2D eigenvalue weighted by Crippen LogP contribution is 2.28. The number of anilines is 3. The smallest absolute Gasteiger partial charge is 0.232 e. The molecule has 2 aromatic carbocycles. The van der Waals surface area contributed by atoms with Gasteiger partial charge in [-0.3, -0.25) is 0 Å². The molecular weight excluding hydrogens is 422 g/mol. The van der Waals surface area contributed by atoms with E-state index in [9.17, 15) is 0 Å². The molecule has 5 aromatic rings. The van der Waals surface area contributed by atoms with Crippen molar-refractivity contribution in [3.8, 4) is 0 Å². The summed E-state index contributed by atoms with van der Waals surface area (Å²) in [5.74, 6) is 1.54. The summed E-state index contributed by atoms with van der Waals surface area (Å²) >= 11 is 1.41. The SMILES string of the molecule is CCn1c2ccccc2c2nnc(SCc3nc(N)nc(Nc4ccccc4C)n3)nc21. The number of aromatic nitrogens is 7. The molecule has 0 aliphatic heterocycles. The van der Waals surface area contributed by atoms with Gasteiger partial charge in [-0.05, 0) is 31.5 Å². The van der Waals surface area contributed by atoms with E-state index in [1.807, 2.05) is 49.4 Å². The number of nitrogens with two attached hydrogens (primary N) is 1. The van der Waals surface area contributed by atoms with Gasteiger partial charge in [0.05, 0.1) is 11.3 Å². The third-order valence-electron chi connectivity index (χ3n) is 5.09. The van der Waals surface area contributed by atoms with Gasteiger partial charge in [-0.15, -0.1) is 10.2 Å². The number of fused-ring (bicyclic) bond motifs is 3. The Morgan fingerprint density at radius 1 is 0.969 bits per heavy atom. The molecule has 5 rings (SSSR count). The second-order valence-corrected chi connectivity index (χ2v) is 8.13. The molecule has 10 heteroatoms. The van der Waals surface area contributed by atoms with Crippen molar-refractivity contribution in [2.75, 3.05) is 11.1 Å². The zero-order chi connectivity index (χ0) is 22.1. The second kappa shape index (κ2) is 8.39.